The van der Waals surface area contributed by atoms with Crippen molar-refractivity contribution >= 4 is 0 Å². The van der Waals surface area contributed by atoms with Gasteiger partial charge < -0.3 is 5.11 Å². The molecule has 0 saturated heterocycles. The Hall–Kier alpha value is -1.60. The summed E-state index contributed by atoms with van der Waals surface area (Å²) in [5, 5.41) is 11.8. The molecule has 0 aromatic heterocycles. The van der Waals surface area contributed by atoms with Gasteiger partial charge in [0.2, 0.25) is 0 Å². The topological polar surface area (TPSA) is 20.2 Å². The predicted octanol–water partition coefficient (Wildman–Crippen LogP) is 4.92. The van der Waals surface area contributed by atoms with Crippen LogP contribution in [0.3, 0.4) is 0 Å². The average Bonchev–Trinajstić information content (AvgIpc) is 2.83. The van der Waals surface area contributed by atoms with Gasteiger partial charge in [-0.3, -0.25) is 0 Å². The van der Waals surface area contributed by atoms with Gasteiger partial charge >= 0.3 is 0 Å². The standard InChI is InChI=1S/C21H26O/c1-5-16-12-17(6-2)20-15(4)21(22,14(3)19(20)13-16)18-10-8-7-9-11-18/h7-15,22H,5-6H2,1-4H3/t14-,15-,21+/m0/s1/i4D3. The quantitative estimate of drug-likeness (QED) is 0.852. The second kappa shape index (κ2) is 5.55. The van der Waals surface area contributed by atoms with E-state index in [2.05, 4.69) is 26.0 Å². The van der Waals surface area contributed by atoms with Gasteiger partial charge in [0.15, 0.2) is 0 Å². The SMILES string of the molecule is [2H]C([2H])([2H])[C@H]1c2c(CC)cc(CC)cc2[C@H](C)[C@]1(O)c1ccccc1. The van der Waals surface area contributed by atoms with Gasteiger partial charge in [0.1, 0.15) is 5.60 Å². The summed E-state index contributed by atoms with van der Waals surface area (Å²) in [6, 6.07) is 13.5. The number of hydrogen-bond donors (Lipinski definition) is 1. The predicted molar refractivity (Wildman–Crippen MR) is 92.4 cm³/mol. The van der Waals surface area contributed by atoms with Crippen LogP contribution in [0.2, 0.25) is 0 Å². The maximum Gasteiger partial charge on any atom is 0.103 e. The van der Waals surface area contributed by atoms with E-state index in [9.17, 15) is 5.11 Å². The Morgan fingerprint density at radius 2 is 1.82 bits per heavy atom. The van der Waals surface area contributed by atoms with Crippen molar-refractivity contribution in [2.75, 3.05) is 0 Å². The molecule has 1 aliphatic carbocycles. The van der Waals surface area contributed by atoms with Crippen molar-refractivity contribution in [2.45, 2.75) is 57.9 Å². The smallest absolute Gasteiger partial charge is 0.103 e. The third-order valence-electron chi connectivity index (χ3n) is 5.24. The number of fused-ring (bicyclic) bond motifs is 1. The van der Waals surface area contributed by atoms with E-state index < -0.39 is 18.4 Å². The summed E-state index contributed by atoms with van der Waals surface area (Å²) in [4.78, 5) is 0. The Balaban J connectivity index is 2.32. The van der Waals surface area contributed by atoms with Crippen LogP contribution in [0.4, 0.5) is 0 Å². The largest absolute Gasteiger partial charge is 0.384 e. The van der Waals surface area contributed by atoms with Crippen LogP contribution in [0.5, 0.6) is 0 Å². The van der Waals surface area contributed by atoms with Crippen molar-refractivity contribution in [3.8, 4) is 0 Å². The number of aliphatic hydroxyl groups is 1. The fraction of sp³-hybridized carbons (Fsp3) is 0.429. The molecule has 3 atom stereocenters. The normalized spacial score (nSPS) is 29.5. The molecule has 3 rings (SSSR count). The minimum absolute atomic E-state index is 0.271. The Morgan fingerprint density at radius 3 is 2.41 bits per heavy atom. The second-order valence-corrected chi connectivity index (χ2v) is 6.31. The zero-order valence-electron chi connectivity index (χ0n) is 16.6. The van der Waals surface area contributed by atoms with E-state index in [1.54, 1.807) is 0 Å². The van der Waals surface area contributed by atoms with Gasteiger partial charge in [0.25, 0.3) is 0 Å². The summed E-state index contributed by atoms with van der Waals surface area (Å²) in [7, 11) is 0. The van der Waals surface area contributed by atoms with Crippen LogP contribution in [0.1, 0.15) is 71.4 Å². The Kier molecular flexibility index (Phi) is 3.00. The van der Waals surface area contributed by atoms with Crippen LogP contribution in [0.15, 0.2) is 42.5 Å². The van der Waals surface area contributed by atoms with Crippen LogP contribution in [0.25, 0.3) is 0 Å². The summed E-state index contributed by atoms with van der Waals surface area (Å²) in [5.41, 5.74) is 3.32. The fourth-order valence-electron chi connectivity index (χ4n) is 3.84. The molecular formula is C21H26O. The van der Waals surface area contributed by atoms with Crippen LogP contribution < -0.4 is 0 Å². The summed E-state index contributed by atoms with van der Waals surface area (Å²) >= 11 is 0. The summed E-state index contributed by atoms with van der Waals surface area (Å²) in [5.74, 6) is -1.18. The molecule has 1 nitrogen and oxygen atoms in total. The molecule has 0 bridgehead atoms. The van der Waals surface area contributed by atoms with Crippen molar-refractivity contribution in [3.05, 3.63) is 70.3 Å². The highest BCUT2D eigenvalue weighted by Crippen LogP contribution is 2.55. The number of rotatable bonds is 3. The molecule has 2 aromatic rings. The molecule has 0 unspecified atom stereocenters. The van der Waals surface area contributed by atoms with E-state index in [1.165, 1.54) is 5.56 Å². The third kappa shape index (κ3) is 2.03. The Bertz CT molecular complexity index is 767. The maximum absolute atomic E-state index is 11.8. The molecule has 0 spiro atoms. The van der Waals surface area contributed by atoms with Gasteiger partial charge in [0, 0.05) is 15.9 Å². The highest BCUT2D eigenvalue weighted by Gasteiger charge is 2.49. The lowest BCUT2D eigenvalue weighted by molar-refractivity contribution is 0.00292. The Labute approximate surface area is 138 Å². The number of benzene rings is 2. The van der Waals surface area contributed by atoms with Gasteiger partial charge in [0.05, 0.1) is 0 Å². The zero-order chi connectivity index (χ0) is 18.4. The van der Waals surface area contributed by atoms with Crippen LogP contribution in [-0.2, 0) is 18.4 Å². The van der Waals surface area contributed by atoms with E-state index in [4.69, 9.17) is 4.11 Å². The van der Waals surface area contributed by atoms with Gasteiger partial charge in [-0.25, -0.2) is 0 Å². The van der Waals surface area contributed by atoms with Gasteiger partial charge in [-0.15, -0.1) is 0 Å². The molecule has 1 N–H and O–H groups in total. The van der Waals surface area contributed by atoms with E-state index in [1.807, 2.05) is 37.3 Å². The van der Waals surface area contributed by atoms with Crippen molar-refractivity contribution in [2.24, 2.45) is 0 Å². The van der Waals surface area contributed by atoms with E-state index in [0.29, 0.717) is 5.56 Å². The highest BCUT2D eigenvalue weighted by atomic mass is 16.3. The van der Waals surface area contributed by atoms with Crippen molar-refractivity contribution in [3.63, 3.8) is 0 Å². The summed E-state index contributed by atoms with van der Waals surface area (Å²) in [6.45, 7) is 3.83. The van der Waals surface area contributed by atoms with Gasteiger partial charge in [-0.2, -0.15) is 0 Å². The number of hydrogen-bond acceptors (Lipinski definition) is 1. The molecule has 22 heavy (non-hydrogen) atoms. The minimum atomic E-state index is -2.28. The van der Waals surface area contributed by atoms with Crippen molar-refractivity contribution < 1.29 is 9.22 Å². The number of aryl methyl sites for hydroxylation is 2. The maximum atomic E-state index is 11.8. The van der Waals surface area contributed by atoms with E-state index >= 15 is 0 Å². The molecule has 0 aliphatic heterocycles. The molecule has 2 aromatic carbocycles. The molecule has 1 aliphatic rings. The van der Waals surface area contributed by atoms with Crippen LogP contribution in [-0.4, -0.2) is 5.11 Å². The minimum Gasteiger partial charge on any atom is -0.384 e. The fourth-order valence-corrected chi connectivity index (χ4v) is 3.84. The first-order valence-electron chi connectivity index (χ1n) is 9.68. The molecular weight excluding hydrogens is 268 g/mol. The summed E-state index contributed by atoms with van der Waals surface area (Å²) in [6.07, 6.45) is 1.66. The first-order chi connectivity index (χ1) is 11.7. The highest BCUT2D eigenvalue weighted by molar-refractivity contribution is 5.52. The molecule has 0 saturated carbocycles. The lowest BCUT2D eigenvalue weighted by Crippen LogP contribution is -2.32. The lowest BCUT2D eigenvalue weighted by atomic mass is 9.77. The monoisotopic (exact) mass is 297 g/mol. The third-order valence-corrected chi connectivity index (χ3v) is 5.24. The Morgan fingerprint density at radius 1 is 1.09 bits per heavy atom. The molecule has 0 fully saturated rings. The zero-order valence-corrected chi connectivity index (χ0v) is 13.6. The van der Waals surface area contributed by atoms with Crippen molar-refractivity contribution in [1.82, 2.24) is 0 Å². The first-order valence-corrected chi connectivity index (χ1v) is 8.18. The molecule has 1 heteroatoms. The molecule has 0 radical (unpaired) electrons. The van der Waals surface area contributed by atoms with Crippen LogP contribution >= 0.6 is 0 Å². The molecule has 0 amide bonds. The van der Waals surface area contributed by atoms with E-state index in [0.717, 1.165) is 29.5 Å². The van der Waals surface area contributed by atoms with Crippen molar-refractivity contribution in [1.29, 1.82) is 0 Å². The average molecular weight is 297 g/mol. The summed E-state index contributed by atoms with van der Waals surface area (Å²) < 4.78 is 24.6. The van der Waals surface area contributed by atoms with Gasteiger partial charge in [-0.05, 0) is 40.7 Å². The first kappa shape index (κ1) is 11.9. The molecule has 0 heterocycles. The lowest BCUT2D eigenvalue weighted by Gasteiger charge is -2.33. The molecule has 116 valence electrons. The van der Waals surface area contributed by atoms with E-state index in [-0.39, 0.29) is 5.92 Å². The second-order valence-electron chi connectivity index (χ2n) is 6.31. The van der Waals surface area contributed by atoms with Gasteiger partial charge in [-0.1, -0.05) is 70.1 Å². The van der Waals surface area contributed by atoms with Crippen LogP contribution in [0, 0.1) is 0 Å².